The minimum Gasteiger partial charge on any atom is -0.317 e. The van der Waals surface area contributed by atoms with Crippen molar-refractivity contribution in [2.24, 2.45) is 0 Å². The summed E-state index contributed by atoms with van der Waals surface area (Å²) < 4.78 is 2.37. The summed E-state index contributed by atoms with van der Waals surface area (Å²) in [5, 5.41) is 15.2. The molecule has 10 rings (SSSR count). The first kappa shape index (κ1) is 29.9. The van der Waals surface area contributed by atoms with Crippen LogP contribution in [0.25, 0.3) is 78.2 Å². The van der Waals surface area contributed by atoms with E-state index in [9.17, 15) is 0 Å². The molecule has 0 radical (unpaired) electrons. The van der Waals surface area contributed by atoms with Crippen LogP contribution in [0.15, 0.2) is 171 Å². The molecule has 1 N–H and O–H groups in total. The van der Waals surface area contributed by atoms with Gasteiger partial charge in [0, 0.05) is 45.2 Å². The predicted molar refractivity (Wildman–Crippen MR) is 221 cm³/mol. The highest BCUT2D eigenvalue weighted by Gasteiger charge is 2.22. The molecule has 244 valence electrons. The van der Waals surface area contributed by atoms with Crippen LogP contribution in [-0.4, -0.2) is 10.8 Å². The predicted octanol–water partition coefficient (Wildman–Crippen LogP) is 11.1. The standard InChI is InChI=1S/C49H33N3/c1-31-12-10-11-27-51(36-14-4-3-5-15-36)45-23-20-34(28-41(31)45)35-21-24-46-42(29-35)49-37-16-7-6-13-33(37)19-25-47(49)52(46)44-26-22-40-38-17-8-9-18-39(38)43(30-50)48(40)32(44)2/h3-30,50H,1-2H2/b12-10-,27-11-,50-30?. The molecule has 2 aliphatic rings. The molecular formula is C49H33N3. The Bertz CT molecular complexity index is 3010. The van der Waals surface area contributed by atoms with Gasteiger partial charge in [0.05, 0.1) is 22.4 Å². The summed E-state index contributed by atoms with van der Waals surface area (Å²) in [6, 6.07) is 49.9. The lowest BCUT2D eigenvalue weighted by atomic mass is 9.95. The first-order valence-electron chi connectivity index (χ1n) is 17.6. The zero-order chi connectivity index (χ0) is 34.9. The third-order valence-electron chi connectivity index (χ3n) is 10.7. The van der Waals surface area contributed by atoms with E-state index in [0.29, 0.717) is 0 Å². The van der Waals surface area contributed by atoms with Crippen LogP contribution in [-0.2, 0) is 0 Å². The number of aromatic nitrogens is 1. The van der Waals surface area contributed by atoms with E-state index in [1.165, 1.54) is 27.8 Å². The van der Waals surface area contributed by atoms with Crippen molar-refractivity contribution >= 4 is 67.9 Å². The minimum atomic E-state index is 0.919. The average Bonchev–Trinajstić information content (AvgIpc) is 3.70. The first-order chi connectivity index (χ1) is 25.6. The Morgan fingerprint density at radius 1 is 0.558 bits per heavy atom. The molecular weight excluding hydrogens is 631 g/mol. The number of rotatable bonds is 4. The Hall–Kier alpha value is -6.97. The van der Waals surface area contributed by atoms with Crippen LogP contribution in [0.3, 0.4) is 0 Å². The van der Waals surface area contributed by atoms with Crippen molar-refractivity contribution in [2.75, 3.05) is 4.90 Å². The molecule has 0 saturated heterocycles. The third-order valence-corrected chi connectivity index (χ3v) is 10.7. The van der Waals surface area contributed by atoms with E-state index < -0.39 is 0 Å². The van der Waals surface area contributed by atoms with Gasteiger partial charge in [0.1, 0.15) is 0 Å². The van der Waals surface area contributed by atoms with Gasteiger partial charge in [0.15, 0.2) is 0 Å². The molecule has 0 bridgehead atoms. The van der Waals surface area contributed by atoms with Gasteiger partial charge in [-0.25, -0.2) is 0 Å². The molecule has 0 unspecified atom stereocenters. The Morgan fingerprint density at radius 2 is 1.29 bits per heavy atom. The Balaban J connectivity index is 1.21. The zero-order valence-corrected chi connectivity index (χ0v) is 28.5. The second kappa shape index (κ2) is 11.5. The number of hydrogen-bond donors (Lipinski definition) is 1. The Kier molecular flexibility index (Phi) is 6.64. The summed E-state index contributed by atoms with van der Waals surface area (Å²) in [4.78, 5) is 2.23. The van der Waals surface area contributed by atoms with Crippen LogP contribution >= 0.6 is 0 Å². The lowest BCUT2D eigenvalue weighted by Gasteiger charge is -2.25. The SMILES string of the molecule is C=C1/C=C\C=C/N(c2ccccc2)c2ccc(-c3ccc4c(c3)c3c5ccccc5ccc3n4-c3ccc4c(c3=C)=C(C=N)c3ccccc3-4)cc21. The van der Waals surface area contributed by atoms with Gasteiger partial charge in [0.25, 0.3) is 0 Å². The molecule has 0 spiro atoms. The summed E-state index contributed by atoms with van der Waals surface area (Å²) >= 11 is 0. The van der Waals surface area contributed by atoms with Crippen molar-refractivity contribution < 1.29 is 0 Å². The van der Waals surface area contributed by atoms with E-state index >= 15 is 0 Å². The topological polar surface area (TPSA) is 32.0 Å². The van der Waals surface area contributed by atoms with Gasteiger partial charge < -0.3 is 14.9 Å². The summed E-state index contributed by atoms with van der Waals surface area (Å²) in [5.41, 5.74) is 14.1. The zero-order valence-electron chi connectivity index (χ0n) is 28.5. The van der Waals surface area contributed by atoms with Gasteiger partial charge in [-0.2, -0.15) is 0 Å². The molecule has 1 aliphatic carbocycles. The van der Waals surface area contributed by atoms with Gasteiger partial charge in [-0.3, -0.25) is 0 Å². The molecule has 0 saturated carbocycles. The molecule has 7 aromatic carbocycles. The number of anilines is 2. The minimum absolute atomic E-state index is 0.919. The van der Waals surface area contributed by atoms with Crippen molar-refractivity contribution in [1.82, 2.24) is 4.57 Å². The fraction of sp³-hybridized carbons (Fsp3) is 0. The van der Waals surface area contributed by atoms with Crippen molar-refractivity contribution in [1.29, 1.82) is 5.41 Å². The number of hydrogen-bond acceptors (Lipinski definition) is 2. The van der Waals surface area contributed by atoms with Crippen LogP contribution in [0, 0.1) is 5.41 Å². The van der Waals surface area contributed by atoms with E-state index in [4.69, 9.17) is 12.0 Å². The molecule has 3 nitrogen and oxygen atoms in total. The van der Waals surface area contributed by atoms with E-state index in [1.807, 2.05) is 12.1 Å². The van der Waals surface area contributed by atoms with E-state index in [2.05, 4.69) is 168 Å². The highest BCUT2D eigenvalue weighted by molar-refractivity contribution is 6.22. The molecule has 1 aromatic heterocycles. The number of nitrogens with zero attached hydrogens (tertiary/aromatic N) is 2. The van der Waals surface area contributed by atoms with Crippen LogP contribution in [0.2, 0.25) is 0 Å². The molecule has 0 atom stereocenters. The highest BCUT2D eigenvalue weighted by atomic mass is 15.1. The molecule has 0 fully saturated rings. The van der Waals surface area contributed by atoms with Crippen LogP contribution in [0.1, 0.15) is 11.1 Å². The number of para-hydroxylation sites is 1. The van der Waals surface area contributed by atoms with Crippen molar-refractivity contribution in [3.8, 4) is 27.9 Å². The normalized spacial score (nSPS) is 14.6. The average molecular weight is 664 g/mol. The van der Waals surface area contributed by atoms with Crippen LogP contribution in [0.4, 0.5) is 11.4 Å². The number of allylic oxidation sites excluding steroid dienone is 4. The maximum Gasteiger partial charge on any atom is 0.0547 e. The van der Waals surface area contributed by atoms with Gasteiger partial charge in [-0.05, 0) is 104 Å². The molecule has 8 aromatic rings. The van der Waals surface area contributed by atoms with Gasteiger partial charge in [0.2, 0.25) is 0 Å². The van der Waals surface area contributed by atoms with Crippen LogP contribution in [0.5, 0.6) is 0 Å². The van der Waals surface area contributed by atoms with Gasteiger partial charge in [-0.1, -0.05) is 116 Å². The summed E-state index contributed by atoms with van der Waals surface area (Å²) in [6.45, 7) is 9.16. The fourth-order valence-corrected chi connectivity index (χ4v) is 8.32. The van der Waals surface area contributed by atoms with E-state index in [0.717, 1.165) is 83.1 Å². The van der Waals surface area contributed by atoms with E-state index in [1.54, 1.807) is 0 Å². The lowest BCUT2D eigenvalue weighted by molar-refractivity contribution is 1.16. The molecule has 2 heterocycles. The number of benzene rings is 7. The lowest BCUT2D eigenvalue weighted by Crippen LogP contribution is -2.30. The van der Waals surface area contributed by atoms with Crippen LogP contribution < -0.4 is 15.3 Å². The quantitative estimate of drug-likeness (QED) is 0.187. The molecule has 1 aliphatic heterocycles. The smallest absolute Gasteiger partial charge is 0.0547 e. The molecule has 0 amide bonds. The maximum atomic E-state index is 8.40. The third kappa shape index (κ3) is 4.36. The molecule has 3 heteroatoms. The second-order valence-electron chi connectivity index (χ2n) is 13.5. The van der Waals surface area contributed by atoms with Gasteiger partial charge in [-0.15, -0.1) is 0 Å². The number of nitrogens with one attached hydrogen (secondary N) is 1. The monoisotopic (exact) mass is 663 g/mol. The van der Waals surface area contributed by atoms with Crippen molar-refractivity contribution in [2.45, 2.75) is 0 Å². The van der Waals surface area contributed by atoms with E-state index in [-0.39, 0.29) is 0 Å². The summed E-state index contributed by atoms with van der Waals surface area (Å²) in [7, 11) is 0. The maximum absolute atomic E-state index is 8.40. The Morgan fingerprint density at radius 3 is 2.15 bits per heavy atom. The molecule has 52 heavy (non-hydrogen) atoms. The first-order valence-corrected chi connectivity index (χ1v) is 17.6. The second-order valence-corrected chi connectivity index (χ2v) is 13.5. The largest absolute Gasteiger partial charge is 0.317 e. The highest BCUT2D eigenvalue weighted by Crippen LogP contribution is 2.41. The summed E-state index contributed by atoms with van der Waals surface area (Å²) in [5.74, 6) is 0. The Labute approximate surface area is 301 Å². The van der Waals surface area contributed by atoms with Gasteiger partial charge >= 0.3 is 0 Å². The fourth-order valence-electron chi connectivity index (χ4n) is 8.32. The number of fused-ring (bicyclic) bond motifs is 9. The van der Waals surface area contributed by atoms with Crippen molar-refractivity contribution in [3.05, 3.63) is 192 Å². The summed E-state index contributed by atoms with van der Waals surface area (Å²) in [6.07, 6.45) is 9.79. The van der Waals surface area contributed by atoms with Crippen molar-refractivity contribution in [3.63, 3.8) is 0 Å².